The molecular weight excluding hydrogens is 424 g/mol. The maximum Gasteiger partial charge on any atom is 0.183 e. The number of ether oxygens (including phenoxy) is 4. The lowest BCUT2D eigenvalue weighted by Gasteiger charge is -2.19. The molecule has 0 amide bonds. The van der Waals surface area contributed by atoms with E-state index in [1.807, 2.05) is 18.2 Å². The molecule has 0 saturated heterocycles. The predicted octanol–water partition coefficient (Wildman–Crippen LogP) is 5.92. The van der Waals surface area contributed by atoms with E-state index in [0.29, 0.717) is 29.5 Å². The third kappa shape index (κ3) is 4.03. The number of anilines is 1. The minimum absolute atomic E-state index is 0.511. The highest BCUT2D eigenvalue weighted by atomic mass is 32.1. The van der Waals surface area contributed by atoms with Crippen LogP contribution in [0.2, 0.25) is 0 Å². The first-order valence-corrected chi connectivity index (χ1v) is 11.0. The van der Waals surface area contributed by atoms with Crippen molar-refractivity contribution in [2.24, 2.45) is 0 Å². The van der Waals surface area contributed by atoms with Gasteiger partial charge in [-0.15, -0.1) is 11.3 Å². The van der Waals surface area contributed by atoms with Crippen molar-refractivity contribution >= 4 is 27.2 Å². The van der Waals surface area contributed by atoms with Crippen molar-refractivity contribution in [3.8, 4) is 34.3 Å². The highest BCUT2D eigenvalue weighted by molar-refractivity contribution is 7.14. The second kappa shape index (κ2) is 9.36. The van der Waals surface area contributed by atoms with Gasteiger partial charge in [0.25, 0.3) is 0 Å². The van der Waals surface area contributed by atoms with E-state index in [1.54, 1.807) is 39.8 Å². The van der Waals surface area contributed by atoms with Gasteiger partial charge in [-0.1, -0.05) is 29.8 Å². The number of aryl methyl sites for hydroxylation is 1. The summed E-state index contributed by atoms with van der Waals surface area (Å²) in [5.74, 6) is 2.78. The molecule has 0 spiro atoms. The molecule has 0 aliphatic rings. The number of benzene rings is 3. The van der Waals surface area contributed by atoms with Crippen molar-refractivity contribution in [2.75, 3.05) is 33.8 Å². The van der Waals surface area contributed by atoms with Crippen LogP contribution < -0.4 is 24.3 Å². The molecule has 4 aromatic rings. The fourth-order valence-electron chi connectivity index (χ4n) is 3.74. The van der Waals surface area contributed by atoms with E-state index in [9.17, 15) is 0 Å². The molecule has 0 fully saturated rings. The monoisotopic (exact) mass is 450 g/mol. The fourth-order valence-corrected chi connectivity index (χ4v) is 4.46. The van der Waals surface area contributed by atoms with Crippen LogP contribution in [0.1, 0.15) is 11.1 Å². The van der Waals surface area contributed by atoms with Crippen molar-refractivity contribution < 1.29 is 18.9 Å². The first-order valence-electron chi connectivity index (χ1n) is 10.1. The summed E-state index contributed by atoms with van der Waals surface area (Å²) in [5, 5.41) is 7.93. The molecule has 0 bridgehead atoms. The third-order valence-corrected chi connectivity index (χ3v) is 6.14. The van der Waals surface area contributed by atoms with Crippen molar-refractivity contribution in [1.82, 2.24) is 4.98 Å². The molecule has 3 aromatic carbocycles. The number of nitrogens with one attached hydrogen (secondary N) is 1. The van der Waals surface area contributed by atoms with Gasteiger partial charge in [0.05, 0.1) is 44.9 Å². The van der Waals surface area contributed by atoms with Crippen LogP contribution >= 0.6 is 11.3 Å². The summed E-state index contributed by atoms with van der Waals surface area (Å²) >= 11 is 1.57. The first-order chi connectivity index (χ1) is 15.6. The lowest BCUT2D eigenvalue weighted by Crippen LogP contribution is -2.04. The summed E-state index contributed by atoms with van der Waals surface area (Å²) < 4.78 is 22.7. The minimum atomic E-state index is 0.511. The Kier molecular flexibility index (Phi) is 6.37. The number of rotatable bonds is 8. The molecule has 32 heavy (non-hydrogen) atoms. The maximum atomic E-state index is 5.83. The van der Waals surface area contributed by atoms with Gasteiger partial charge < -0.3 is 24.3 Å². The Hall–Kier alpha value is -3.45. The molecule has 1 aromatic heterocycles. The quantitative estimate of drug-likeness (QED) is 0.360. The highest BCUT2D eigenvalue weighted by Gasteiger charge is 2.21. The fraction of sp³-hybridized carbons (Fsp3) is 0.240. The summed E-state index contributed by atoms with van der Waals surface area (Å²) in [4.78, 5) is 4.74. The maximum absolute atomic E-state index is 5.83. The number of thiazole rings is 1. The van der Waals surface area contributed by atoms with Crippen LogP contribution in [0.25, 0.3) is 22.0 Å². The number of fused-ring (bicyclic) bond motifs is 1. The molecule has 0 unspecified atom stereocenters. The van der Waals surface area contributed by atoms with Crippen molar-refractivity contribution in [3.63, 3.8) is 0 Å². The van der Waals surface area contributed by atoms with Crippen molar-refractivity contribution in [1.29, 1.82) is 0 Å². The Labute approximate surface area is 191 Å². The molecule has 166 valence electrons. The number of aromatic nitrogens is 1. The van der Waals surface area contributed by atoms with Crippen LogP contribution in [0.3, 0.4) is 0 Å². The Balaban J connectivity index is 1.70. The Morgan fingerprint density at radius 1 is 0.812 bits per heavy atom. The Morgan fingerprint density at radius 2 is 1.47 bits per heavy atom. The topological polar surface area (TPSA) is 61.8 Å². The van der Waals surface area contributed by atoms with Crippen LogP contribution in [0.15, 0.2) is 47.8 Å². The Bertz CT molecular complexity index is 1240. The van der Waals surface area contributed by atoms with E-state index in [2.05, 4.69) is 41.9 Å². The lowest BCUT2D eigenvalue weighted by molar-refractivity contribution is 0.390. The van der Waals surface area contributed by atoms with Gasteiger partial charge in [0.1, 0.15) is 23.0 Å². The van der Waals surface area contributed by atoms with Gasteiger partial charge in [-0.2, -0.15) is 0 Å². The van der Waals surface area contributed by atoms with Crippen molar-refractivity contribution in [3.05, 3.63) is 59.0 Å². The van der Waals surface area contributed by atoms with Gasteiger partial charge in [0, 0.05) is 23.1 Å². The zero-order chi connectivity index (χ0) is 22.7. The SMILES string of the molecule is COc1ccc(OC)c2c(OC)c(CNc3nc(-c4ccc(C)cc4)cs3)cc(OC)c12. The predicted molar refractivity (Wildman–Crippen MR) is 130 cm³/mol. The molecule has 0 saturated carbocycles. The van der Waals surface area contributed by atoms with Crippen LogP contribution in [-0.2, 0) is 6.54 Å². The van der Waals surface area contributed by atoms with Gasteiger partial charge in [-0.3, -0.25) is 0 Å². The minimum Gasteiger partial charge on any atom is -0.496 e. The standard InChI is InChI=1S/C25H26N2O4S/c1-15-6-8-16(9-7-15)18-14-32-25(27-18)26-13-17-12-21(30-4)22-19(28-2)10-11-20(29-3)23(22)24(17)31-5/h6-12,14H,13H2,1-5H3,(H,26,27). The summed E-state index contributed by atoms with van der Waals surface area (Å²) in [5.41, 5.74) is 4.20. The number of hydrogen-bond donors (Lipinski definition) is 1. The average Bonchev–Trinajstić information content (AvgIpc) is 3.30. The molecule has 4 rings (SSSR count). The molecule has 0 aliphatic heterocycles. The van der Waals surface area contributed by atoms with Gasteiger partial charge in [0.2, 0.25) is 0 Å². The summed E-state index contributed by atoms with van der Waals surface area (Å²) in [6.07, 6.45) is 0. The molecule has 1 heterocycles. The van der Waals surface area contributed by atoms with E-state index < -0.39 is 0 Å². The van der Waals surface area contributed by atoms with Gasteiger partial charge in [0.15, 0.2) is 5.13 Å². The molecule has 1 N–H and O–H groups in total. The third-order valence-electron chi connectivity index (χ3n) is 5.34. The second-order valence-electron chi connectivity index (χ2n) is 7.25. The second-order valence-corrected chi connectivity index (χ2v) is 8.11. The van der Waals surface area contributed by atoms with Crippen molar-refractivity contribution in [2.45, 2.75) is 13.5 Å². The molecule has 0 atom stereocenters. The largest absolute Gasteiger partial charge is 0.496 e. The van der Waals surface area contributed by atoms with E-state index in [4.69, 9.17) is 23.9 Å². The van der Waals surface area contributed by atoms with Gasteiger partial charge in [-0.25, -0.2) is 4.98 Å². The van der Waals surface area contributed by atoms with E-state index >= 15 is 0 Å². The zero-order valence-electron chi connectivity index (χ0n) is 18.8. The molecule has 0 radical (unpaired) electrons. The molecule has 6 nitrogen and oxygen atoms in total. The zero-order valence-corrected chi connectivity index (χ0v) is 19.6. The Morgan fingerprint density at radius 3 is 2.09 bits per heavy atom. The van der Waals surface area contributed by atoms with Gasteiger partial charge in [-0.05, 0) is 25.1 Å². The molecular formula is C25H26N2O4S. The van der Waals surface area contributed by atoms with Crippen LogP contribution in [-0.4, -0.2) is 33.4 Å². The van der Waals surface area contributed by atoms with Gasteiger partial charge >= 0.3 is 0 Å². The smallest absolute Gasteiger partial charge is 0.183 e. The van der Waals surface area contributed by atoms with Crippen LogP contribution in [0, 0.1) is 6.92 Å². The van der Waals surface area contributed by atoms with Crippen LogP contribution in [0.4, 0.5) is 5.13 Å². The average molecular weight is 451 g/mol. The van der Waals surface area contributed by atoms with E-state index in [-0.39, 0.29) is 0 Å². The lowest BCUT2D eigenvalue weighted by atomic mass is 10.0. The number of methoxy groups -OCH3 is 4. The summed E-state index contributed by atoms with van der Waals surface area (Å²) in [6, 6.07) is 14.1. The normalized spacial score (nSPS) is 10.8. The number of hydrogen-bond acceptors (Lipinski definition) is 7. The molecule has 0 aliphatic carbocycles. The number of nitrogens with zero attached hydrogens (tertiary/aromatic N) is 1. The summed E-state index contributed by atoms with van der Waals surface area (Å²) in [7, 11) is 6.57. The highest BCUT2D eigenvalue weighted by Crippen LogP contribution is 2.46. The molecule has 7 heteroatoms. The van der Waals surface area contributed by atoms with Crippen LogP contribution in [0.5, 0.6) is 23.0 Å². The summed E-state index contributed by atoms with van der Waals surface area (Å²) in [6.45, 7) is 2.59. The van der Waals surface area contributed by atoms with E-state index in [0.717, 1.165) is 32.7 Å². The van der Waals surface area contributed by atoms with E-state index in [1.165, 1.54) is 5.56 Å². The first kappa shape index (κ1) is 21.8.